The van der Waals surface area contributed by atoms with Gasteiger partial charge in [-0.05, 0) is 35.4 Å². The Bertz CT molecular complexity index is 954. The van der Waals surface area contributed by atoms with Crippen molar-refractivity contribution in [1.29, 1.82) is 0 Å². The summed E-state index contributed by atoms with van der Waals surface area (Å²) in [5, 5.41) is 10.4. The van der Waals surface area contributed by atoms with Gasteiger partial charge in [-0.2, -0.15) is 0 Å². The van der Waals surface area contributed by atoms with E-state index in [1.807, 2.05) is 30.3 Å². The van der Waals surface area contributed by atoms with E-state index in [2.05, 4.69) is 4.72 Å². The van der Waals surface area contributed by atoms with Gasteiger partial charge >= 0.3 is 0 Å². The third-order valence-corrected chi connectivity index (χ3v) is 6.24. The SMILES string of the molecule is O=S(=O)(Cc1ccc(F)cc1)NCc1ccc(C(O)c2ccccc2)s1. The van der Waals surface area contributed by atoms with Crippen LogP contribution >= 0.6 is 11.3 Å². The molecule has 2 aromatic carbocycles. The molecule has 2 N–H and O–H groups in total. The second-order valence-corrected chi connectivity index (χ2v) is 8.83. The number of benzene rings is 2. The largest absolute Gasteiger partial charge is 0.383 e. The standard InChI is InChI=1S/C19H18FNO3S2/c20-16-8-6-14(7-9-16)13-26(23,24)21-12-17-10-11-18(25-17)19(22)15-4-2-1-3-5-15/h1-11,19,21-22H,12-13H2. The lowest BCUT2D eigenvalue weighted by Crippen LogP contribution is -2.24. The number of nitrogens with one attached hydrogen (secondary N) is 1. The molecule has 26 heavy (non-hydrogen) atoms. The minimum atomic E-state index is -3.54. The molecule has 7 heteroatoms. The van der Waals surface area contributed by atoms with Gasteiger partial charge in [0.1, 0.15) is 11.9 Å². The van der Waals surface area contributed by atoms with E-state index in [1.54, 1.807) is 12.1 Å². The number of rotatable bonds is 7. The Morgan fingerprint density at radius 3 is 2.38 bits per heavy atom. The summed E-state index contributed by atoms with van der Waals surface area (Å²) in [6.45, 7) is 0.149. The van der Waals surface area contributed by atoms with Gasteiger partial charge in [-0.3, -0.25) is 0 Å². The van der Waals surface area contributed by atoms with Crippen LogP contribution < -0.4 is 4.72 Å². The maximum absolute atomic E-state index is 12.9. The molecule has 0 bridgehead atoms. The molecule has 0 aliphatic carbocycles. The van der Waals surface area contributed by atoms with Crippen LogP contribution in [-0.4, -0.2) is 13.5 Å². The molecule has 0 radical (unpaired) electrons. The van der Waals surface area contributed by atoms with Crippen molar-refractivity contribution < 1.29 is 17.9 Å². The van der Waals surface area contributed by atoms with Crippen molar-refractivity contribution in [3.05, 3.63) is 93.4 Å². The van der Waals surface area contributed by atoms with Crippen LogP contribution in [0.15, 0.2) is 66.7 Å². The molecule has 136 valence electrons. The van der Waals surface area contributed by atoms with E-state index >= 15 is 0 Å². The first-order chi connectivity index (χ1) is 12.4. The smallest absolute Gasteiger partial charge is 0.216 e. The summed E-state index contributed by atoms with van der Waals surface area (Å²) in [6, 6.07) is 18.3. The normalized spacial score (nSPS) is 12.8. The van der Waals surface area contributed by atoms with Crippen LogP contribution in [0.2, 0.25) is 0 Å². The highest BCUT2D eigenvalue weighted by Crippen LogP contribution is 2.28. The zero-order valence-corrected chi connectivity index (χ0v) is 15.4. The van der Waals surface area contributed by atoms with Gasteiger partial charge in [0.25, 0.3) is 0 Å². The molecule has 1 atom stereocenters. The van der Waals surface area contributed by atoms with Crippen LogP contribution in [0.4, 0.5) is 4.39 Å². The summed E-state index contributed by atoms with van der Waals surface area (Å²) in [5.74, 6) is -0.611. The minimum Gasteiger partial charge on any atom is -0.383 e. The molecule has 0 amide bonds. The Morgan fingerprint density at radius 1 is 1.00 bits per heavy atom. The fraction of sp³-hybridized carbons (Fsp3) is 0.158. The Balaban J connectivity index is 1.61. The van der Waals surface area contributed by atoms with Crippen molar-refractivity contribution in [2.75, 3.05) is 0 Å². The summed E-state index contributed by atoms with van der Waals surface area (Å²) in [6.07, 6.45) is -0.731. The number of aliphatic hydroxyl groups is 1. The molecule has 1 unspecified atom stereocenters. The second-order valence-electron chi connectivity index (χ2n) is 5.82. The van der Waals surface area contributed by atoms with E-state index in [1.165, 1.54) is 35.6 Å². The van der Waals surface area contributed by atoms with Crippen LogP contribution in [0.25, 0.3) is 0 Å². The van der Waals surface area contributed by atoms with Gasteiger partial charge in [0, 0.05) is 16.3 Å². The van der Waals surface area contributed by atoms with Gasteiger partial charge in [-0.15, -0.1) is 11.3 Å². The molecule has 0 aliphatic rings. The monoisotopic (exact) mass is 391 g/mol. The van der Waals surface area contributed by atoms with Gasteiger partial charge in [0.15, 0.2) is 0 Å². The molecule has 3 aromatic rings. The Kier molecular flexibility index (Phi) is 5.83. The quantitative estimate of drug-likeness (QED) is 0.647. The Hall–Kier alpha value is -2.06. The molecule has 0 aliphatic heterocycles. The van der Waals surface area contributed by atoms with Crippen molar-refractivity contribution in [1.82, 2.24) is 4.72 Å². The molecule has 1 heterocycles. The maximum atomic E-state index is 12.9. The zero-order valence-electron chi connectivity index (χ0n) is 13.8. The predicted molar refractivity (Wildman–Crippen MR) is 101 cm³/mol. The average molecular weight is 391 g/mol. The summed E-state index contributed by atoms with van der Waals surface area (Å²) < 4.78 is 39.8. The molecule has 0 saturated heterocycles. The summed E-state index contributed by atoms with van der Waals surface area (Å²) >= 11 is 1.36. The third kappa shape index (κ3) is 4.98. The average Bonchev–Trinajstić information content (AvgIpc) is 3.11. The fourth-order valence-corrected chi connectivity index (χ4v) is 4.64. The van der Waals surface area contributed by atoms with Crippen molar-refractivity contribution in [3.63, 3.8) is 0 Å². The van der Waals surface area contributed by atoms with Crippen molar-refractivity contribution in [3.8, 4) is 0 Å². The molecule has 4 nitrogen and oxygen atoms in total. The highest BCUT2D eigenvalue weighted by Gasteiger charge is 2.15. The number of hydrogen-bond acceptors (Lipinski definition) is 4. The molecule has 0 spiro atoms. The number of hydrogen-bond donors (Lipinski definition) is 2. The first kappa shape index (κ1) is 18.7. The van der Waals surface area contributed by atoms with E-state index in [4.69, 9.17) is 0 Å². The van der Waals surface area contributed by atoms with Crippen LogP contribution in [0.1, 0.15) is 27.0 Å². The number of aliphatic hydroxyl groups excluding tert-OH is 1. The van der Waals surface area contributed by atoms with E-state index in [0.29, 0.717) is 5.56 Å². The lowest BCUT2D eigenvalue weighted by Gasteiger charge is -2.08. The second kappa shape index (κ2) is 8.09. The summed E-state index contributed by atoms with van der Waals surface area (Å²) in [5.41, 5.74) is 1.31. The maximum Gasteiger partial charge on any atom is 0.216 e. The van der Waals surface area contributed by atoms with Crippen LogP contribution in [0.3, 0.4) is 0 Å². The van der Waals surface area contributed by atoms with E-state index < -0.39 is 21.9 Å². The molecular weight excluding hydrogens is 373 g/mol. The number of thiophene rings is 1. The first-order valence-electron chi connectivity index (χ1n) is 7.96. The Labute approximate surface area is 156 Å². The topological polar surface area (TPSA) is 66.4 Å². The highest BCUT2D eigenvalue weighted by atomic mass is 32.2. The molecule has 0 fully saturated rings. The first-order valence-corrected chi connectivity index (χ1v) is 10.4. The van der Waals surface area contributed by atoms with Crippen LogP contribution in [-0.2, 0) is 22.3 Å². The van der Waals surface area contributed by atoms with E-state index in [9.17, 15) is 17.9 Å². The van der Waals surface area contributed by atoms with Crippen molar-refractivity contribution in [2.45, 2.75) is 18.4 Å². The predicted octanol–water partition coefficient (Wildman–Crippen LogP) is 3.59. The van der Waals surface area contributed by atoms with Gasteiger partial charge in [-0.1, -0.05) is 42.5 Å². The van der Waals surface area contributed by atoms with Crippen molar-refractivity contribution >= 4 is 21.4 Å². The van der Waals surface area contributed by atoms with Gasteiger partial charge < -0.3 is 5.11 Å². The lowest BCUT2D eigenvalue weighted by molar-refractivity contribution is 0.224. The molecule has 0 saturated carbocycles. The summed E-state index contributed by atoms with van der Waals surface area (Å²) in [4.78, 5) is 1.56. The highest BCUT2D eigenvalue weighted by molar-refractivity contribution is 7.88. The minimum absolute atomic E-state index is 0.149. The Morgan fingerprint density at radius 2 is 1.69 bits per heavy atom. The van der Waals surface area contributed by atoms with E-state index in [-0.39, 0.29) is 12.3 Å². The van der Waals surface area contributed by atoms with Crippen LogP contribution in [0.5, 0.6) is 0 Å². The van der Waals surface area contributed by atoms with Gasteiger partial charge in [-0.25, -0.2) is 17.5 Å². The van der Waals surface area contributed by atoms with Crippen LogP contribution in [0, 0.1) is 5.82 Å². The zero-order chi connectivity index (χ0) is 18.6. The fourth-order valence-electron chi connectivity index (χ4n) is 2.47. The van der Waals surface area contributed by atoms with Crippen molar-refractivity contribution in [2.24, 2.45) is 0 Å². The van der Waals surface area contributed by atoms with Gasteiger partial charge in [0.05, 0.1) is 5.75 Å². The summed E-state index contributed by atoms with van der Waals surface area (Å²) in [7, 11) is -3.54. The number of sulfonamides is 1. The molecular formula is C19H18FNO3S2. The lowest BCUT2D eigenvalue weighted by atomic mass is 10.1. The molecule has 1 aromatic heterocycles. The van der Waals surface area contributed by atoms with Gasteiger partial charge in [0.2, 0.25) is 10.0 Å². The number of halogens is 1. The van der Waals surface area contributed by atoms with E-state index in [0.717, 1.165) is 15.3 Å². The molecule has 3 rings (SSSR count). The third-order valence-electron chi connectivity index (χ3n) is 3.80.